The average Bonchev–Trinajstić information content (AvgIpc) is 2.91. The van der Waals surface area contributed by atoms with Gasteiger partial charge in [0.25, 0.3) is 0 Å². The van der Waals surface area contributed by atoms with Gasteiger partial charge >= 0.3 is 5.97 Å². The first-order valence-electron chi connectivity index (χ1n) is 12.9. The molecule has 8 nitrogen and oxygen atoms in total. The number of unbranched alkanes of at least 4 members (excludes halogenated alkanes) is 1. The maximum absolute atomic E-state index is 13.8. The fourth-order valence-corrected chi connectivity index (χ4v) is 5.37. The normalized spacial score (nSPS) is 20.9. The quantitative estimate of drug-likeness (QED) is 0.351. The molecule has 0 saturated heterocycles. The number of carbonyl (C=O) groups is 2. The van der Waals surface area contributed by atoms with Crippen LogP contribution in [0.15, 0.2) is 52.7 Å². The predicted octanol–water partition coefficient (Wildman–Crippen LogP) is 5.34. The van der Waals surface area contributed by atoms with Gasteiger partial charge in [-0.1, -0.05) is 25.5 Å². The fraction of sp³-hybridized carbons (Fsp3) is 0.433. The van der Waals surface area contributed by atoms with Crippen molar-refractivity contribution >= 4 is 17.5 Å². The van der Waals surface area contributed by atoms with Crippen LogP contribution in [-0.4, -0.2) is 50.5 Å². The minimum Gasteiger partial charge on any atom is -0.504 e. The van der Waals surface area contributed by atoms with Gasteiger partial charge in [-0.15, -0.1) is 0 Å². The summed E-state index contributed by atoms with van der Waals surface area (Å²) in [7, 11) is 4.64. The molecular weight excluding hydrogens is 486 g/mol. The molecule has 1 heterocycles. The molecule has 2 aromatic rings. The van der Waals surface area contributed by atoms with Crippen LogP contribution in [0.1, 0.15) is 62.5 Å². The van der Waals surface area contributed by atoms with Crippen molar-refractivity contribution in [3.05, 3.63) is 58.8 Å². The number of esters is 1. The van der Waals surface area contributed by atoms with Crippen LogP contribution in [0, 0.1) is 5.92 Å². The van der Waals surface area contributed by atoms with Crippen molar-refractivity contribution < 1.29 is 33.6 Å². The predicted molar refractivity (Wildman–Crippen MR) is 143 cm³/mol. The van der Waals surface area contributed by atoms with Crippen molar-refractivity contribution in [2.75, 3.05) is 27.9 Å². The molecule has 0 spiro atoms. The van der Waals surface area contributed by atoms with Crippen LogP contribution in [-0.2, 0) is 14.3 Å². The highest BCUT2D eigenvalue weighted by atomic mass is 16.5. The zero-order valence-electron chi connectivity index (χ0n) is 22.6. The van der Waals surface area contributed by atoms with E-state index in [9.17, 15) is 14.7 Å². The number of Topliss-reactive ketones (excluding diaryl/α,β-unsaturated/α-hetero) is 1. The van der Waals surface area contributed by atoms with Gasteiger partial charge < -0.3 is 24.1 Å². The number of ether oxygens (including phenoxy) is 4. The van der Waals surface area contributed by atoms with Crippen LogP contribution in [0.5, 0.6) is 23.0 Å². The molecule has 0 radical (unpaired) electrons. The number of benzene rings is 2. The van der Waals surface area contributed by atoms with Gasteiger partial charge in [-0.3, -0.25) is 14.6 Å². The Morgan fingerprint density at radius 1 is 0.974 bits per heavy atom. The summed E-state index contributed by atoms with van der Waals surface area (Å²) >= 11 is 0. The zero-order chi connectivity index (χ0) is 27.4. The SMILES string of the molecule is CCCCOC(=O)C1C(C)=NC2=C(C(=O)C[C@@H](c3ccc(OC)c(OC)c3)C2)[C@H]1c1ccc(OC)c(O)c1. The Morgan fingerprint density at radius 3 is 2.32 bits per heavy atom. The summed E-state index contributed by atoms with van der Waals surface area (Å²) in [6.07, 6.45) is 2.44. The second-order valence-corrected chi connectivity index (χ2v) is 9.66. The van der Waals surface area contributed by atoms with E-state index in [1.807, 2.05) is 25.1 Å². The third-order valence-corrected chi connectivity index (χ3v) is 7.33. The van der Waals surface area contributed by atoms with Gasteiger partial charge in [0.05, 0.1) is 27.9 Å². The van der Waals surface area contributed by atoms with Gasteiger partial charge in [0.1, 0.15) is 5.92 Å². The van der Waals surface area contributed by atoms with E-state index in [2.05, 4.69) is 0 Å². The Morgan fingerprint density at radius 2 is 1.66 bits per heavy atom. The molecule has 202 valence electrons. The van der Waals surface area contributed by atoms with Crippen LogP contribution < -0.4 is 14.2 Å². The van der Waals surface area contributed by atoms with Gasteiger partial charge in [-0.25, -0.2) is 0 Å². The monoisotopic (exact) mass is 521 g/mol. The Hall–Kier alpha value is -3.81. The second kappa shape index (κ2) is 11.7. The summed E-state index contributed by atoms with van der Waals surface area (Å²) in [4.78, 5) is 31.9. The summed E-state index contributed by atoms with van der Waals surface area (Å²) in [5.41, 5.74) is 3.35. The van der Waals surface area contributed by atoms with Crippen LogP contribution >= 0.6 is 0 Å². The second-order valence-electron chi connectivity index (χ2n) is 9.66. The molecule has 2 aromatic carbocycles. The molecule has 4 rings (SSSR count). The highest BCUT2D eigenvalue weighted by molar-refractivity contribution is 6.09. The van der Waals surface area contributed by atoms with Crippen LogP contribution in [0.3, 0.4) is 0 Å². The maximum Gasteiger partial charge on any atom is 0.315 e. The highest BCUT2D eigenvalue weighted by Gasteiger charge is 2.45. The summed E-state index contributed by atoms with van der Waals surface area (Å²) in [5, 5.41) is 10.5. The van der Waals surface area contributed by atoms with Crippen molar-refractivity contribution in [3.63, 3.8) is 0 Å². The largest absolute Gasteiger partial charge is 0.504 e. The maximum atomic E-state index is 13.8. The van der Waals surface area contributed by atoms with E-state index < -0.39 is 17.8 Å². The number of ketones is 1. The smallest absolute Gasteiger partial charge is 0.315 e. The number of nitrogens with zero attached hydrogens (tertiary/aromatic N) is 1. The van der Waals surface area contributed by atoms with Crippen molar-refractivity contribution in [1.29, 1.82) is 0 Å². The first-order valence-corrected chi connectivity index (χ1v) is 12.9. The number of methoxy groups -OCH3 is 3. The summed E-state index contributed by atoms with van der Waals surface area (Å²) in [6.45, 7) is 4.13. The van der Waals surface area contributed by atoms with E-state index in [1.165, 1.54) is 7.11 Å². The molecule has 3 atom stereocenters. The Kier molecular flexibility index (Phi) is 8.39. The molecule has 1 unspecified atom stereocenters. The van der Waals surface area contributed by atoms with Crippen molar-refractivity contribution in [1.82, 2.24) is 0 Å². The van der Waals surface area contributed by atoms with E-state index in [-0.39, 0.29) is 23.9 Å². The number of hydrogen-bond acceptors (Lipinski definition) is 8. The topological polar surface area (TPSA) is 104 Å². The lowest BCUT2D eigenvalue weighted by Crippen LogP contribution is -2.38. The Balaban J connectivity index is 1.76. The van der Waals surface area contributed by atoms with Gasteiger partial charge in [0, 0.05) is 29.3 Å². The van der Waals surface area contributed by atoms with Gasteiger partial charge in [-0.2, -0.15) is 0 Å². The minimum atomic E-state index is -0.764. The number of carbonyl (C=O) groups excluding carboxylic acids is 2. The number of rotatable bonds is 9. The van der Waals surface area contributed by atoms with Gasteiger partial charge in [0.15, 0.2) is 28.8 Å². The molecule has 0 amide bonds. The summed E-state index contributed by atoms with van der Waals surface area (Å²) in [5.74, 6) is -0.500. The molecule has 1 aliphatic heterocycles. The third-order valence-electron chi connectivity index (χ3n) is 7.33. The molecule has 0 aromatic heterocycles. The number of allylic oxidation sites excluding steroid dienone is 2. The molecular formula is C30H35NO7. The number of hydrogen-bond donors (Lipinski definition) is 1. The number of phenolic OH excluding ortho intramolecular Hbond substituents is 1. The molecule has 38 heavy (non-hydrogen) atoms. The van der Waals surface area contributed by atoms with Crippen LogP contribution in [0.25, 0.3) is 0 Å². The molecule has 1 aliphatic carbocycles. The lowest BCUT2D eigenvalue weighted by atomic mass is 9.69. The molecule has 2 aliphatic rings. The first-order chi connectivity index (χ1) is 18.3. The average molecular weight is 522 g/mol. The highest BCUT2D eigenvalue weighted by Crippen LogP contribution is 2.48. The first kappa shape index (κ1) is 27.2. The fourth-order valence-electron chi connectivity index (χ4n) is 5.37. The number of phenols is 1. The molecule has 0 saturated carbocycles. The summed E-state index contributed by atoms with van der Waals surface area (Å²) in [6, 6.07) is 10.7. The zero-order valence-corrected chi connectivity index (χ0v) is 22.6. The lowest BCUT2D eigenvalue weighted by Gasteiger charge is -2.36. The van der Waals surface area contributed by atoms with E-state index in [4.69, 9.17) is 23.9 Å². The number of aromatic hydroxyl groups is 1. The van der Waals surface area contributed by atoms with E-state index >= 15 is 0 Å². The van der Waals surface area contributed by atoms with Crippen molar-refractivity contribution in [2.24, 2.45) is 10.9 Å². The van der Waals surface area contributed by atoms with Crippen LogP contribution in [0.2, 0.25) is 0 Å². The van der Waals surface area contributed by atoms with Gasteiger partial charge in [-0.05, 0) is 61.1 Å². The third kappa shape index (κ3) is 5.26. The van der Waals surface area contributed by atoms with Crippen molar-refractivity contribution in [3.8, 4) is 23.0 Å². The van der Waals surface area contributed by atoms with E-state index in [0.717, 1.165) is 18.4 Å². The molecule has 0 fully saturated rings. The molecule has 8 heteroatoms. The summed E-state index contributed by atoms with van der Waals surface area (Å²) < 4.78 is 21.6. The molecule has 0 bridgehead atoms. The lowest BCUT2D eigenvalue weighted by molar-refractivity contribution is -0.146. The van der Waals surface area contributed by atoms with E-state index in [1.54, 1.807) is 39.3 Å². The van der Waals surface area contributed by atoms with Gasteiger partial charge in [0.2, 0.25) is 0 Å². The number of aliphatic imine (C=N–C) groups is 1. The molecule has 1 N–H and O–H groups in total. The Labute approximate surface area is 223 Å². The Bertz CT molecular complexity index is 1280. The minimum absolute atomic E-state index is 0.0584. The standard InChI is InChI=1S/C30H35NO7/c1-6-7-12-38-30(34)27-17(2)31-21-13-20(18-8-11-25(36-4)26(16-18)37-5)15-23(33)29(21)28(27)19-9-10-24(35-3)22(32)14-19/h8-11,14,16,20,27-28,32H,6-7,12-13,15H2,1-5H3/t20-,27?,28-/m0/s1. The van der Waals surface area contributed by atoms with E-state index in [0.29, 0.717) is 52.8 Å². The van der Waals surface area contributed by atoms with Crippen molar-refractivity contribution in [2.45, 2.75) is 51.4 Å². The van der Waals surface area contributed by atoms with Crippen LogP contribution in [0.4, 0.5) is 0 Å².